The molecule has 300 valence electrons. The quantitative estimate of drug-likeness (QED) is 0.0658. The van der Waals surface area contributed by atoms with E-state index in [9.17, 15) is 14.7 Å². The second-order valence-electron chi connectivity index (χ2n) is 16.5. The molecule has 3 aliphatic carbocycles. The second-order valence-corrected chi connectivity index (χ2v) is 21.2. The highest BCUT2D eigenvalue weighted by molar-refractivity contribution is 6.73. The van der Waals surface area contributed by atoms with Crippen molar-refractivity contribution in [3.63, 3.8) is 0 Å². The van der Waals surface area contributed by atoms with Crippen molar-refractivity contribution in [1.29, 1.82) is 0 Å². The van der Waals surface area contributed by atoms with Gasteiger partial charge in [0.2, 0.25) is 0 Å². The van der Waals surface area contributed by atoms with E-state index in [0.717, 1.165) is 90.2 Å². The fourth-order valence-electron chi connectivity index (χ4n) is 9.62. The number of hydrogen-bond donors (Lipinski definition) is 1. The van der Waals surface area contributed by atoms with Crippen molar-refractivity contribution in [3.05, 3.63) is 88.0 Å². The minimum absolute atomic E-state index is 0.0605. The molecule has 0 aliphatic heterocycles. The molecule has 7 atom stereocenters. The van der Waals surface area contributed by atoms with E-state index < -0.39 is 20.2 Å². The summed E-state index contributed by atoms with van der Waals surface area (Å²) in [6.07, 6.45) is 8.03. The maximum absolute atomic E-state index is 14.3. The lowest BCUT2D eigenvalue weighted by atomic mass is 9.59. The maximum atomic E-state index is 14.3. The highest BCUT2D eigenvalue weighted by atomic mass is 28.4. The van der Waals surface area contributed by atoms with Crippen molar-refractivity contribution in [2.45, 2.75) is 131 Å². The number of carbonyl (C=O) groups is 2. The number of fused-ring (bicyclic) bond motifs is 1. The fraction of sp³-hybridized carbons (Fsp3) is 0.574. The summed E-state index contributed by atoms with van der Waals surface area (Å²) in [6.45, 7) is 21.7. The number of carbonyl (C=O) groups excluding carboxylic acids is 2. The molecule has 0 radical (unpaired) electrons. The Balaban J connectivity index is 1.51. The molecule has 0 aromatic heterocycles. The summed E-state index contributed by atoms with van der Waals surface area (Å²) < 4.78 is 25.0. The van der Waals surface area contributed by atoms with Crippen LogP contribution in [0.3, 0.4) is 0 Å². The summed E-state index contributed by atoms with van der Waals surface area (Å²) in [4.78, 5) is 28.5. The Kier molecular flexibility index (Phi) is 14.3. The van der Waals surface area contributed by atoms with E-state index in [1.165, 1.54) is 5.57 Å². The van der Waals surface area contributed by atoms with E-state index >= 15 is 0 Å². The molecule has 0 amide bonds. The van der Waals surface area contributed by atoms with Crippen LogP contribution in [0.1, 0.15) is 110 Å². The van der Waals surface area contributed by atoms with E-state index in [2.05, 4.69) is 74.1 Å². The molecule has 2 aromatic rings. The third-order valence-electron chi connectivity index (χ3n) is 13.2. The lowest BCUT2D eigenvalue weighted by molar-refractivity contribution is -0.152. The number of rotatable bonds is 19. The lowest BCUT2D eigenvalue weighted by Gasteiger charge is -2.47. The Morgan fingerprint density at radius 2 is 1.71 bits per heavy atom. The summed E-state index contributed by atoms with van der Waals surface area (Å²) in [5.41, 5.74) is 6.22. The molecule has 0 spiro atoms. The summed E-state index contributed by atoms with van der Waals surface area (Å²) >= 11 is 0. The van der Waals surface area contributed by atoms with Gasteiger partial charge in [-0.2, -0.15) is 0 Å². The first-order valence-corrected chi connectivity index (χ1v) is 23.4. The van der Waals surface area contributed by atoms with Gasteiger partial charge < -0.3 is 23.7 Å². The van der Waals surface area contributed by atoms with E-state index in [1.807, 2.05) is 30.3 Å². The van der Waals surface area contributed by atoms with Crippen molar-refractivity contribution < 1.29 is 33.3 Å². The van der Waals surface area contributed by atoms with Crippen LogP contribution in [0.25, 0.3) is 0 Å². The number of esters is 1. The smallest absolute Gasteiger partial charge is 0.335 e. The first-order chi connectivity index (χ1) is 26.3. The van der Waals surface area contributed by atoms with Gasteiger partial charge in [-0.15, -0.1) is 0 Å². The van der Waals surface area contributed by atoms with E-state index in [0.29, 0.717) is 11.3 Å². The van der Waals surface area contributed by atoms with Gasteiger partial charge in [0, 0.05) is 17.4 Å². The SMILES string of the molecule is C=C(C)[C@@H]1CCC(C)=C[C@H]1c1c(O)cc(CCCCC)cc1OCC1=C(C(=O)OCc2ccc(OC)cc2)C2C(=O)[C@H]([C@@H](C)O[Si](CC)(CC)CC)C2[C@H]1C. The van der Waals surface area contributed by atoms with Crippen molar-refractivity contribution in [2.24, 2.45) is 29.6 Å². The zero-order chi connectivity index (χ0) is 40.0. The zero-order valence-electron chi connectivity index (χ0n) is 35.0. The number of aromatic hydroxyl groups is 1. The highest BCUT2D eigenvalue weighted by Crippen LogP contribution is 2.57. The van der Waals surface area contributed by atoms with E-state index in [4.69, 9.17) is 18.6 Å². The zero-order valence-corrected chi connectivity index (χ0v) is 36.0. The molecule has 0 heterocycles. The third kappa shape index (κ3) is 9.01. The first kappa shape index (κ1) is 42.5. The average Bonchev–Trinajstić information content (AvgIpc) is 3.42. The van der Waals surface area contributed by atoms with E-state index in [-0.39, 0.29) is 60.4 Å². The summed E-state index contributed by atoms with van der Waals surface area (Å²) in [5, 5.41) is 11.8. The molecule has 0 bridgehead atoms. The molecule has 2 unspecified atom stereocenters. The normalized spacial score (nSPS) is 24.2. The van der Waals surface area contributed by atoms with Crippen LogP contribution in [0, 0.1) is 29.6 Å². The number of hydrogen-bond acceptors (Lipinski definition) is 7. The van der Waals surface area contributed by atoms with Crippen LogP contribution in [0.15, 0.2) is 71.3 Å². The molecule has 7 nitrogen and oxygen atoms in total. The monoisotopic (exact) mass is 770 g/mol. The van der Waals surface area contributed by atoms with Crippen LogP contribution in [0.2, 0.25) is 18.1 Å². The van der Waals surface area contributed by atoms with Gasteiger partial charge in [-0.05, 0) is 123 Å². The Hall–Kier alpha value is -3.62. The van der Waals surface area contributed by atoms with Crippen LogP contribution in [0.5, 0.6) is 17.2 Å². The minimum Gasteiger partial charge on any atom is -0.507 e. The molecule has 55 heavy (non-hydrogen) atoms. The Morgan fingerprint density at radius 1 is 1.02 bits per heavy atom. The van der Waals surface area contributed by atoms with Crippen molar-refractivity contribution in [3.8, 4) is 17.2 Å². The molecule has 8 heteroatoms. The Labute approximate surface area is 331 Å². The number of allylic oxidation sites excluding steroid dienone is 3. The molecule has 3 aliphatic rings. The maximum Gasteiger partial charge on any atom is 0.335 e. The molecular formula is C47H66O7Si. The highest BCUT2D eigenvalue weighted by Gasteiger charge is 2.62. The number of methoxy groups -OCH3 is 1. The first-order valence-electron chi connectivity index (χ1n) is 20.9. The van der Waals surface area contributed by atoms with E-state index in [1.54, 1.807) is 7.11 Å². The average molecular weight is 771 g/mol. The molecule has 1 N–H and O–H groups in total. The summed E-state index contributed by atoms with van der Waals surface area (Å²) in [6, 6.07) is 14.4. The van der Waals surface area contributed by atoms with Crippen LogP contribution in [-0.4, -0.2) is 45.0 Å². The van der Waals surface area contributed by atoms with Crippen LogP contribution in [-0.2, 0) is 31.8 Å². The van der Waals surface area contributed by atoms with Gasteiger partial charge in [-0.3, -0.25) is 4.79 Å². The standard InChI is InChI=1S/C47H66O7Si/c1-11-15-16-17-34-25-39(48)43(37-24-30(7)18-23-36(37)29(5)6)40(26-34)52-28-38-31(8)41-42(32(9)54-55(12-2,13-3)14-4)46(49)45(41)44(38)47(50)53-27-33-19-21-35(51-10)22-20-33/h19-22,24-26,31-32,36-37,41-42,45,48H,5,11-18,23,27-28H2,1-4,6-10H3/t31-,32+,36-,37+,41?,42+,45?/m0/s1. The van der Waals surface area contributed by atoms with Gasteiger partial charge in [0.25, 0.3) is 0 Å². The van der Waals surface area contributed by atoms with Crippen LogP contribution < -0.4 is 9.47 Å². The number of phenols is 1. The molecule has 1 fully saturated rings. The fourth-order valence-corrected chi connectivity index (χ4v) is 12.6. The number of benzene rings is 2. The molecule has 0 saturated heterocycles. The molecular weight excluding hydrogens is 705 g/mol. The van der Waals surface area contributed by atoms with Gasteiger partial charge in [0.1, 0.15) is 36.2 Å². The Morgan fingerprint density at radius 3 is 2.33 bits per heavy atom. The van der Waals surface area contributed by atoms with Gasteiger partial charge >= 0.3 is 5.97 Å². The third-order valence-corrected chi connectivity index (χ3v) is 17.9. The van der Waals surface area contributed by atoms with Gasteiger partial charge in [0.05, 0.1) is 24.7 Å². The minimum atomic E-state index is -1.98. The summed E-state index contributed by atoms with van der Waals surface area (Å²) in [5.74, 6) is 0.209. The van der Waals surface area contributed by atoms with Crippen molar-refractivity contribution in [1.82, 2.24) is 0 Å². The Bertz CT molecular complexity index is 1740. The second kappa shape index (κ2) is 18.5. The van der Waals surface area contributed by atoms with Gasteiger partial charge in [-0.25, -0.2) is 4.79 Å². The number of phenolic OH excluding ortho intramolecular Hbond substituents is 1. The number of ketones is 1. The van der Waals surface area contributed by atoms with Crippen LogP contribution in [0.4, 0.5) is 0 Å². The number of ether oxygens (including phenoxy) is 3. The van der Waals surface area contributed by atoms with Crippen LogP contribution >= 0.6 is 0 Å². The van der Waals surface area contributed by atoms with Crippen molar-refractivity contribution in [2.75, 3.05) is 13.7 Å². The van der Waals surface area contributed by atoms with Gasteiger partial charge in [0.15, 0.2) is 8.32 Å². The summed E-state index contributed by atoms with van der Waals surface area (Å²) in [7, 11) is -0.368. The van der Waals surface area contributed by atoms with Gasteiger partial charge in [-0.1, -0.05) is 83.4 Å². The number of Topliss-reactive ketones (excluding diaryl/α,β-unsaturated/α-hetero) is 1. The molecule has 2 aromatic carbocycles. The predicted octanol–water partition coefficient (Wildman–Crippen LogP) is 11.1. The largest absolute Gasteiger partial charge is 0.507 e. The predicted molar refractivity (Wildman–Crippen MR) is 223 cm³/mol. The van der Waals surface area contributed by atoms with Crippen molar-refractivity contribution >= 4 is 20.1 Å². The lowest BCUT2D eigenvalue weighted by Crippen LogP contribution is -2.56. The molecule has 1 saturated carbocycles. The molecule has 5 rings (SSSR count). The topological polar surface area (TPSA) is 91.3 Å². The number of aryl methyl sites for hydroxylation is 1. The number of unbranched alkanes of at least 4 members (excludes halogenated alkanes) is 2.